The minimum atomic E-state index is -3.90. The molecule has 2 aromatic rings. The SMILES string of the molecule is Cc1noc(/C=C/c2ccccc2F)c1S(=O)(=O)N1CCC(C(=O)NCC[C@H](C)N2CCOCC2)CC1. The molecule has 2 saturated heterocycles. The average molecular weight is 535 g/mol. The molecule has 0 unspecified atom stereocenters. The Balaban J connectivity index is 1.32. The van der Waals surface area contributed by atoms with Crippen molar-refractivity contribution in [2.24, 2.45) is 5.92 Å². The number of carbonyl (C=O) groups excluding carboxylic acids is 1. The van der Waals surface area contributed by atoms with Gasteiger partial charge < -0.3 is 14.6 Å². The highest BCUT2D eigenvalue weighted by atomic mass is 32.2. The lowest BCUT2D eigenvalue weighted by molar-refractivity contribution is -0.126. The number of sulfonamides is 1. The van der Waals surface area contributed by atoms with Crippen molar-refractivity contribution >= 4 is 28.1 Å². The number of rotatable bonds is 9. The van der Waals surface area contributed by atoms with E-state index in [4.69, 9.17) is 9.26 Å². The van der Waals surface area contributed by atoms with Gasteiger partial charge in [0.1, 0.15) is 11.5 Å². The molecule has 0 bridgehead atoms. The van der Waals surface area contributed by atoms with Crippen LogP contribution in [0.2, 0.25) is 0 Å². The molecule has 3 heterocycles. The Morgan fingerprint density at radius 3 is 2.59 bits per heavy atom. The van der Waals surface area contributed by atoms with E-state index in [0.717, 1.165) is 32.7 Å². The Morgan fingerprint density at radius 2 is 1.89 bits per heavy atom. The van der Waals surface area contributed by atoms with Crippen LogP contribution in [0.4, 0.5) is 4.39 Å². The Kier molecular flexibility index (Phi) is 9.12. The smallest absolute Gasteiger partial charge is 0.248 e. The normalized spacial score (nSPS) is 19.3. The number of carbonyl (C=O) groups is 1. The summed E-state index contributed by atoms with van der Waals surface area (Å²) in [7, 11) is -3.90. The molecule has 202 valence electrons. The second kappa shape index (κ2) is 12.3. The number of halogens is 1. The van der Waals surface area contributed by atoms with Gasteiger partial charge in [-0.25, -0.2) is 12.8 Å². The van der Waals surface area contributed by atoms with Crippen LogP contribution in [-0.4, -0.2) is 80.7 Å². The molecule has 4 rings (SSSR count). The van der Waals surface area contributed by atoms with Gasteiger partial charge in [-0.3, -0.25) is 9.69 Å². The maximum absolute atomic E-state index is 14.0. The summed E-state index contributed by atoms with van der Waals surface area (Å²) in [5, 5.41) is 6.87. The standard InChI is InChI=1S/C26H35FN4O5S/c1-19(30-15-17-35-18-16-30)9-12-28-26(32)22-10-13-31(14-11-22)37(33,34)25-20(2)29-36-24(25)8-7-21-5-3-4-6-23(21)27/h3-8,19,22H,9-18H2,1-2H3,(H,28,32)/b8-7+/t19-/m0/s1. The number of benzene rings is 1. The van der Waals surface area contributed by atoms with Gasteiger partial charge in [0, 0.05) is 50.2 Å². The van der Waals surface area contributed by atoms with Gasteiger partial charge in [-0.1, -0.05) is 23.4 Å². The van der Waals surface area contributed by atoms with Gasteiger partial charge in [-0.05, 0) is 51.3 Å². The average Bonchev–Trinajstić information content (AvgIpc) is 3.29. The first-order valence-electron chi connectivity index (χ1n) is 12.8. The lowest BCUT2D eigenvalue weighted by atomic mass is 9.97. The third-order valence-corrected chi connectivity index (χ3v) is 9.16. The third-order valence-electron chi connectivity index (χ3n) is 7.11. The van der Waals surface area contributed by atoms with Crippen LogP contribution in [0.3, 0.4) is 0 Å². The van der Waals surface area contributed by atoms with Crippen molar-refractivity contribution in [2.45, 2.75) is 44.0 Å². The largest absolute Gasteiger partial charge is 0.379 e. The van der Waals surface area contributed by atoms with Crippen molar-refractivity contribution < 1.29 is 26.9 Å². The third kappa shape index (κ3) is 6.64. The molecule has 9 nitrogen and oxygen atoms in total. The first-order chi connectivity index (χ1) is 17.8. The predicted octanol–water partition coefficient (Wildman–Crippen LogP) is 2.92. The maximum atomic E-state index is 14.0. The second-order valence-electron chi connectivity index (χ2n) is 9.57. The fraction of sp³-hybridized carbons (Fsp3) is 0.538. The minimum Gasteiger partial charge on any atom is -0.379 e. The number of aryl methyl sites for hydroxylation is 1. The van der Waals surface area contributed by atoms with Crippen LogP contribution in [0.25, 0.3) is 12.2 Å². The maximum Gasteiger partial charge on any atom is 0.248 e. The summed E-state index contributed by atoms with van der Waals surface area (Å²) in [5.41, 5.74) is 0.550. The van der Waals surface area contributed by atoms with Crippen molar-refractivity contribution in [2.75, 3.05) is 45.9 Å². The highest BCUT2D eigenvalue weighted by Gasteiger charge is 2.36. The summed E-state index contributed by atoms with van der Waals surface area (Å²) in [6.45, 7) is 8.09. The Morgan fingerprint density at radius 1 is 1.19 bits per heavy atom. The van der Waals surface area contributed by atoms with Gasteiger partial charge in [0.05, 0.1) is 13.2 Å². The summed E-state index contributed by atoms with van der Waals surface area (Å²) in [5.74, 6) is -0.625. The number of hydrogen-bond acceptors (Lipinski definition) is 7. The lowest BCUT2D eigenvalue weighted by Crippen LogP contribution is -2.45. The Hall–Kier alpha value is -2.60. The number of piperidine rings is 1. The highest BCUT2D eigenvalue weighted by molar-refractivity contribution is 7.89. The van der Waals surface area contributed by atoms with E-state index < -0.39 is 15.8 Å². The fourth-order valence-electron chi connectivity index (χ4n) is 4.81. The van der Waals surface area contributed by atoms with Crippen molar-refractivity contribution in [3.8, 4) is 0 Å². The van der Waals surface area contributed by atoms with E-state index >= 15 is 0 Å². The van der Waals surface area contributed by atoms with E-state index in [-0.39, 0.29) is 41.3 Å². The highest BCUT2D eigenvalue weighted by Crippen LogP contribution is 2.29. The van der Waals surface area contributed by atoms with E-state index in [1.165, 1.54) is 22.5 Å². The monoisotopic (exact) mass is 534 g/mol. The van der Waals surface area contributed by atoms with Gasteiger partial charge >= 0.3 is 0 Å². The molecule has 0 saturated carbocycles. The van der Waals surface area contributed by atoms with E-state index in [9.17, 15) is 17.6 Å². The van der Waals surface area contributed by atoms with Gasteiger partial charge in [0.2, 0.25) is 15.9 Å². The number of nitrogens with zero attached hydrogens (tertiary/aromatic N) is 3. The molecule has 1 atom stereocenters. The molecule has 2 fully saturated rings. The van der Waals surface area contributed by atoms with Crippen LogP contribution < -0.4 is 5.32 Å². The summed E-state index contributed by atoms with van der Waals surface area (Å²) in [6, 6.07) is 6.55. The van der Waals surface area contributed by atoms with Gasteiger partial charge in [0.25, 0.3) is 0 Å². The zero-order valence-electron chi connectivity index (χ0n) is 21.4. The lowest BCUT2D eigenvalue weighted by Gasteiger charge is -2.33. The van der Waals surface area contributed by atoms with Crippen LogP contribution in [0.5, 0.6) is 0 Å². The molecule has 1 amide bonds. The molecule has 37 heavy (non-hydrogen) atoms. The first kappa shape index (κ1) is 27.4. The zero-order valence-corrected chi connectivity index (χ0v) is 22.2. The number of amides is 1. The van der Waals surface area contributed by atoms with Crippen molar-refractivity contribution in [3.05, 3.63) is 47.1 Å². The predicted molar refractivity (Wildman–Crippen MR) is 138 cm³/mol. The second-order valence-corrected chi connectivity index (χ2v) is 11.4. The Bertz CT molecular complexity index is 1200. The molecule has 0 aliphatic carbocycles. The molecule has 0 spiro atoms. The van der Waals surface area contributed by atoms with Crippen molar-refractivity contribution in [1.82, 2.24) is 19.7 Å². The zero-order chi connectivity index (χ0) is 26.4. The van der Waals surface area contributed by atoms with Crippen molar-refractivity contribution in [3.63, 3.8) is 0 Å². The minimum absolute atomic E-state index is 0.0270. The molecule has 1 aromatic heterocycles. The number of nitrogens with one attached hydrogen (secondary N) is 1. The molecule has 2 aliphatic rings. The quantitative estimate of drug-likeness (QED) is 0.527. The van der Waals surface area contributed by atoms with E-state index in [2.05, 4.69) is 22.3 Å². The summed E-state index contributed by atoms with van der Waals surface area (Å²) >= 11 is 0. The molecule has 1 aromatic carbocycles. The molecule has 11 heteroatoms. The number of hydrogen-bond donors (Lipinski definition) is 1. The first-order valence-corrected chi connectivity index (χ1v) is 14.2. The van der Waals surface area contributed by atoms with Gasteiger partial charge in [0.15, 0.2) is 10.7 Å². The number of ether oxygens (including phenoxy) is 1. The van der Waals surface area contributed by atoms with Crippen LogP contribution in [-0.2, 0) is 19.6 Å². The fourth-order valence-corrected chi connectivity index (χ4v) is 6.53. The van der Waals surface area contributed by atoms with Gasteiger partial charge in [-0.2, -0.15) is 4.31 Å². The van der Waals surface area contributed by atoms with Crippen LogP contribution in [0, 0.1) is 18.7 Å². The molecule has 0 radical (unpaired) electrons. The van der Waals surface area contributed by atoms with E-state index in [1.54, 1.807) is 25.1 Å². The summed E-state index contributed by atoms with van der Waals surface area (Å²) < 4.78 is 52.9. The summed E-state index contributed by atoms with van der Waals surface area (Å²) in [6.07, 6.45) is 4.62. The number of morpholine rings is 1. The van der Waals surface area contributed by atoms with Gasteiger partial charge in [-0.15, -0.1) is 0 Å². The van der Waals surface area contributed by atoms with Crippen molar-refractivity contribution in [1.29, 1.82) is 0 Å². The molecular weight excluding hydrogens is 499 g/mol. The van der Waals surface area contributed by atoms with Crippen LogP contribution >= 0.6 is 0 Å². The van der Waals surface area contributed by atoms with E-state index in [1.807, 2.05) is 0 Å². The van der Waals surface area contributed by atoms with Crippen LogP contribution in [0.1, 0.15) is 43.2 Å². The van der Waals surface area contributed by atoms with Crippen LogP contribution in [0.15, 0.2) is 33.7 Å². The topological polar surface area (TPSA) is 105 Å². The molecular formula is C26H35FN4O5S. The summed E-state index contributed by atoms with van der Waals surface area (Å²) in [4.78, 5) is 15.1. The number of aromatic nitrogens is 1. The van der Waals surface area contributed by atoms with E-state index in [0.29, 0.717) is 31.0 Å². The molecule has 2 aliphatic heterocycles. The Labute approximate surface area is 217 Å². The molecule has 1 N–H and O–H groups in total.